The van der Waals surface area contributed by atoms with E-state index in [9.17, 15) is 14.3 Å². The molecule has 1 aromatic carbocycles. The highest BCUT2D eigenvalue weighted by Crippen LogP contribution is 2.30. The second-order valence-electron chi connectivity index (χ2n) is 4.64. The summed E-state index contributed by atoms with van der Waals surface area (Å²) in [5.74, 6) is -0.517. The number of hydrogen-bond donors (Lipinski definition) is 2. The van der Waals surface area contributed by atoms with Crippen LogP contribution in [0.15, 0.2) is 18.2 Å². The molecule has 2 N–H and O–H groups in total. The number of amides is 1. The van der Waals surface area contributed by atoms with Crippen LogP contribution in [0.1, 0.15) is 36.5 Å². The number of rotatable bonds is 4. The summed E-state index contributed by atoms with van der Waals surface area (Å²) in [5.41, 5.74) is -0.255. The third kappa shape index (κ3) is 3.21. The van der Waals surface area contributed by atoms with Crippen LogP contribution in [0.4, 0.5) is 4.39 Å². The van der Waals surface area contributed by atoms with Crippen LogP contribution >= 0.6 is 11.8 Å². The number of carbonyl (C=O) groups excluding carboxylic acids is 1. The van der Waals surface area contributed by atoms with Gasteiger partial charge < -0.3 is 10.4 Å². The molecule has 1 saturated carbocycles. The lowest BCUT2D eigenvalue weighted by Crippen LogP contribution is -2.39. The van der Waals surface area contributed by atoms with E-state index in [1.54, 1.807) is 0 Å². The smallest absolute Gasteiger partial charge is 0.258 e. The number of benzene rings is 1. The van der Waals surface area contributed by atoms with Gasteiger partial charge in [0.25, 0.3) is 5.91 Å². The number of nitrogens with one attached hydrogen (secondary N) is 1. The van der Waals surface area contributed by atoms with Crippen molar-refractivity contribution in [2.45, 2.75) is 37.5 Å². The Hall–Kier alpha value is -1.23. The van der Waals surface area contributed by atoms with Crippen molar-refractivity contribution in [1.82, 2.24) is 5.32 Å². The Balaban J connectivity index is 2.08. The molecule has 1 aliphatic carbocycles. The Kier molecular flexibility index (Phi) is 4.69. The van der Waals surface area contributed by atoms with E-state index in [0.717, 1.165) is 25.0 Å². The number of thioether (sulfide) groups is 1. The van der Waals surface area contributed by atoms with Crippen LogP contribution in [-0.4, -0.2) is 28.1 Å². The highest BCUT2D eigenvalue weighted by molar-refractivity contribution is 7.99. The second kappa shape index (κ2) is 6.28. The maximum Gasteiger partial charge on any atom is 0.258 e. The lowest BCUT2D eigenvalue weighted by Gasteiger charge is -2.20. The third-order valence-electron chi connectivity index (χ3n) is 3.37. The van der Waals surface area contributed by atoms with E-state index in [-0.39, 0.29) is 17.4 Å². The van der Waals surface area contributed by atoms with E-state index in [1.807, 2.05) is 11.8 Å². The van der Waals surface area contributed by atoms with Crippen molar-refractivity contribution in [2.24, 2.45) is 0 Å². The molecule has 1 amide bonds. The van der Waals surface area contributed by atoms with Gasteiger partial charge in [-0.2, -0.15) is 11.8 Å². The van der Waals surface area contributed by atoms with Crippen LogP contribution in [0.2, 0.25) is 0 Å². The predicted octanol–water partition coefficient (Wildman–Crippen LogP) is 2.94. The molecule has 0 aliphatic heterocycles. The number of phenolic OH excluding ortho intramolecular Hbond substituents is 1. The summed E-state index contributed by atoms with van der Waals surface area (Å²) in [4.78, 5) is 12.1. The highest BCUT2D eigenvalue weighted by Gasteiger charge is 2.29. The first-order valence-corrected chi connectivity index (χ1v) is 7.58. The Bertz CT molecular complexity index is 447. The van der Waals surface area contributed by atoms with Crippen LogP contribution in [0.3, 0.4) is 0 Å². The zero-order valence-electron chi connectivity index (χ0n) is 10.9. The minimum atomic E-state index is -0.685. The van der Waals surface area contributed by atoms with Gasteiger partial charge in [-0.05, 0) is 30.7 Å². The molecule has 1 aromatic rings. The third-order valence-corrected chi connectivity index (χ3v) is 4.69. The van der Waals surface area contributed by atoms with Gasteiger partial charge in [0.05, 0.1) is 0 Å². The zero-order chi connectivity index (χ0) is 13.8. The molecule has 0 spiro atoms. The fraction of sp³-hybridized carbons (Fsp3) is 0.500. The van der Waals surface area contributed by atoms with Crippen molar-refractivity contribution in [3.63, 3.8) is 0 Å². The largest absolute Gasteiger partial charge is 0.507 e. The highest BCUT2D eigenvalue weighted by atomic mass is 32.2. The van der Waals surface area contributed by atoms with Crippen molar-refractivity contribution in [3.8, 4) is 5.75 Å². The molecule has 104 valence electrons. The van der Waals surface area contributed by atoms with Gasteiger partial charge in [-0.15, -0.1) is 0 Å². The van der Waals surface area contributed by atoms with Crippen molar-refractivity contribution >= 4 is 17.7 Å². The first kappa shape index (κ1) is 14.2. The van der Waals surface area contributed by atoms with Gasteiger partial charge in [0.15, 0.2) is 0 Å². The van der Waals surface area contributed by atoms with Gasteiger partial charge in [0.2, 0.25) is 0 Å². The Morgan fingerprint density at radius 3 is 3.00 bits per heavy atom. The first-order chi connectivity index (χ1) is 9.13. The molecule has 2 unspecified atom stereocenters. The molecule has 2 atom stereocenters. The molecule has 0 bridgehead atoms. The van der Waals surface area contributed by atoms with Gasteiger partial charge >= 0.3 is 0 Å². The van der Waals surface area contributed by atoms with Gasteiger partial charge in [0, 0.05) is 11.3 Å². The number of carbonyl (C=O) groups is 1. The molecule has 3 nitrogen and oxygen atoms in total. The van der Waals surface area contributed by atoms with Gasteiger partial charge in [0.1, 0.15) is 17.1 Å². The number of halogens is 1. The summed E-state index contributed by atoms with van der Waals surface area (Å²) in [6.07, 6.45) is 3.07. The number of aromatic hydroxyl groups is 1. The molecular weight excluding hydrogens is 265 g/mol. The van der Waals surface area contributed by atoms with Gasteiger partial charge in [-0.25, -0.2) is 4.39 Å². The molecule has 0 aromatic heterocycles. The molecule has 2 rings (SSSR count). The molecular formula is C14H18FNO2S. The molecule has 1 aliphatic rings. The van der Waals surface area contributed by atoms with Gasteiger partial charge in [-0.3, -0.25) is 4.79 Å². The zero-order valence-corrected chi connectivity index (χ0v) is 11.7. The van der Waals surface area contributed by atoms with Crippen molar-refractivity contribution in [3.05, 3.63) is 29.6 Å². The summed E-state index contributed by atoms with van der Waals surface area (Å²) in [5, 5.41) is 12.8. The molecule has 0 radical (unpaired) electrons. The van der Waals surface area contributed by atoms with E-state index < -0.39 is 11.7 Å². The fourth-order valence-corrected chi connectivity index (χ4v) is 3.68. The minimum Gasteiger partial charge on any atom is -0.507 e. The predicted molar refractivity (Wildman–Crippen MR) is 75.1 cm³/mol. The van der Waals surface area contributed by atoms with Crippen LogP contribution < -0.4 is 5.32 Å². The number of phenols is 1. The average molecular weight is 283 g/mol. The van der Waals surface area contributed by atoms with E-state index in [1.165, 1.54) is 18.2 Å². The van der Waals surface area contributed by atoms with E-state index in [2.05, 4.69) is 12.2 Å². The number of hydrogen-bond acceptors (Lipinski definition) is 3. The minimum absolute atomic E-state index is 0.0662. The lowest BCUT2D eigenvalue weighted by atomic mass is 10.1. The summed E-state index contributed by atoms with van der Waals surface area (Å²) in [6.45, 7) is 2.09. The standard InChI is InChI=1S/C14H18FNO2S/c1-2-19-12-8-4-6-10(12)16-14(18)13-9(15)5-3-7-11(13)17/h3,5,7,10,12,17H,2,4,6,8H2,1H3,(H,16,18). The molecule has 1 fully saturated rings. The van der Waals surface area contributed by atoms with E-state index in [0.29, 0.717) is 5.25 Å². The topological polar surface area (TPSA) is 49.3 Å². The monoisotopic (exact) mass is 283 g/mol. The Labute approximate surface area is 116 Å². The normalized spacial score (nSPS) is 22.4. The SMILES string of the molecule is CCSC1CCCC1NC(=O)c1c(O)cccc1F. The van der Waals surface area contributed by atoms with E-state index in [4.69, 9.17) is 0 Å². The van der Waals surface area contributed by atoms with Crippen LogP contribution in [0, 0.1) is 5.82 Å². The quantitative estimate of drug-likeness (QED) is 0.893. The summed E-state index contributed by atoms with van der Waals surface area (Å²) < 4.78 is 13.6. The Morgan fingerprint density at radius 2 is 2.32 bits per heavy atom. The molecule has 0 saturated heterocycles. The van der Waals surface area contributed by atoms with Crippen LogP contribution in [-0.2, 0) is 0 Å². The maximum atomic E-state index is 13.6. The summed E-state index contributed by atoms with van der Waals surface area (Å²) in [6, 6.07) is 3.95. The summed E-state index contributed by atoms with van der Waals surface area (Å²) in [7, 11) is 0. The van der Waals surface area contributed by atoms with Crippen LogP contribution in [0.5, 0.6) is 5.75 Å². The summed E-state index contributed by atoms with van der Waals surface area (Å²) >= 11 is 1.82. The van der Waals surface area contributed by atoms with Gasteiger partial charge in [-0.1, -0.05) is 19.4 Å². The van der Waals surface area contributed by atoms with Crippen molar-refractivity contribution in [1.29, 1.82) is 0 Å². The first-order valence-electron chi connectivity index (χ1n) is 6.53. The van der Waals surface area contributed by atoms with E-state index >= 15 is 0 Å². The Morgan fingerprint density at radius 1 is 1.53 bits per heavy atom. The van der Waals surface area contributed by atoms with Crippen molar-refractivity contribution < 1.29 is 14.3 Å². The molecule has 19 heavy (non-hydrogen) atoms. The molecule has 5 heteroatoms. The maximum absolute atomic E-state index is 13.6. The average Bonchev–Trinajstić information content (AvgIpc) is 2.77. The van der Waals surface area contributed by atoms with Crippen molar-refractivity contribution in [2.75, 3.05) is 5.75 Å². The molecule has 0 heterocycles. The lowest BCUT2D eigenvalue weighted by molar-refractivity contribution is 0.0931. The second-order valence-corrected chi connectivity index (χ2v) is 6.15. The fourth-order valence-electron chi connectivity index (χ4n) is 2.48. The van der Waals surface area contributed by atoms with Crippen LogP contribution in [0.25, 0.3) is 0 Å².